The first-order valence-corrected chi connectivity index (χ1v) is 16.7. The number of fused-ring (bicyclic) bond motifs is 1. The molecule has 2 aliphatic rings. The zero-order chi connectivity index (χ0) is 28.7. The van der Waals surface area contributed by atoms with Crippen LogP contribution >= 0.6 is 11.8 Å². The number of carbonyl (C=O) groups is 3. The third-order valence-electron chi connectivity index (χ3n) is 7.50. The lowest BCUT2D eigenvalue weighted by atomic mass is 10.0. The molecule has 4 rings (SSSR count). The fourth-order valence-electron chi connectivity index (χ4n) is 5.15. The molecule has 1 fully saturated rings. The van der Waals surface area contributed by atoms with Gasteiger partial charge < -0.3 is 10.2 Å². The molecule has 0 bridgehead atoms. The average Bonchev–Trinajstić information content (AvgIpc) is 3.26. The summed E-state index contributed by atoms with van der Waals surface area (Å²) in [4.78, 5) is 39.9. The van der Waals surface area contributed by atoms with Gasteiger partial charge in [0.15, 0.2) is 9.84 Å². The van der Waals surface area contributed by atoms with Crippen molar-refractivity contribution < 1.29 is 22.8 Å². The molecule has 0 aromatic heterocycles. The van der Waals surface area contributed by atoms with E-state index >= 15 is 0 Å². The molecular weight excluding hydrogens is 546 g/mol. The van der Waals surface area contributed by atoms with E-state index in [4.69, 9.17) is 0 Å². The molecule has 0 radical (unpaired) electrons. The Morgan fingerprint density at radius 1 is 0.975 bits per heavy atom. The van der Waals surface area contributed by atoms with Crippen LogP contribution < -0.4 is 10.6 Å². The highest BCUT2D eigenvalue weighted by Gasteiger charge is 2.39. The first-order chi connectivity index (χ1) is 19.2. The van der Waals surface area contributed by atoms with Crippen LogP contribution in [0.3, 0.4) is 0 Å². The number of hydrogen-bond acceptors (Lipinski definition) is 7. The zero-order valence-corrected chi connectivity index (χ0v) is 24.9. The van der Waals surface area contributed by atoms with Gasteiger partial charge in [-0.25, -0.2) is 8.42 Å². The van der Waals surface area contributed by atoms with Crippen molar-refractivity contribution in [3.63, 3.8) is 0 Å². The molecule has 2 N–H and O–H groups in total. The van der Waals surface area contributed by atoms with E-state index in [-0.39, 0.29) is 24.1 Å². The van der Waals surface area contributed by atoms with Gasteiger partial charge in [-0.2, -0.15) is 0 Å². The Balaban J connectivity index is 1.14. The normalized spacial score (nSPS) is 17.3. The molecular formula is C30H39N3O5S2. The van der Waals surface area contributed by atoms with Gasteiger partial charge in [0.25, 0.3) is 5.91 Å². The van der Waals surface area contributed by atoms with Crippen molar-refractivity contribution in [2.75, 3.05) is 17.6 Å². The molecule has 1 saturated heterocycles. The van der Waals surface area contributed by atoms with Crippen molar-refractivity contribution in [2.45, 2.75) is 92.8 Å². The van der Waals surface area contributed by atoms with Crippen LogP contribution in [0.1, 0.15) is 81.1 Å². The Bertz CT molecular complexity index is 1340. The fraction of sp³-hybridized carbons (Fsp3) is 0.500. The van der Waals surface area contributed by atoms with E-state index in [2.05, 4.69) is 10.6 Å². The summed E-state index contributed by atoms with van der Waals surface area (Å²) in [6.07, 6.45) is 7.19. The summed E-state index contributed by atoms with van der Waals surface area (Å²) >= 11 is 1.76. The molecule has 0 spiro atoms. The second-order valence-electron chi connectivity index (χ2n) is 10.7. The van der Waals surface area contributed by atoms with E-state index in [1.54, 1.807) is 42.6 Å². The van der Waals surface area contributed by atoms with E-state index in [0.717, 1.165) is 61.3 Å². The Morgan fingerprint density at radius 2 is 1.70 bits per heavy atom. The quantitative estimate of drug-likeness (QED) is 0.179. The van der Waals surface area contributed by atoms with Crippen LogP contribution in [0.15, 0.2) is 52.3 Å². The lowest BCUT2D eigenvalue weighted by Crippen LogP contribution is -2.52. The summed E-state index contributed by atoms with van der Waals surface area (Å²) in [5, 5.41) is 5.21. The molecule has 2 aliphatic heterocycles. The summed E-state index contributed by atoms with van der Waals surface area (Å²) in [6, 6.07) is 12.3. The first kappa shape index (κ1) is 30.1. The van der Waals surface area contributed by atoms with E-state index in [9.17, 15) is 22.8 Å². The molecule has 2 heterocycles. The Labute approximate surface area is 241 Å². The van der Waals surface area contributed by atoms with E-state index < -0.39 is 21.1 Å². The van der Waals surface area contributed by atoms with Gasteiger partial charge in [0.2, 0.25) is 11.8 Å². The predicted molar refractivity (Wildman–Crippen MR) is 158 cm³/mol. The van der Waals surface area contributed by atoms with Gasteiger partial charge in [-0.15, -0.1) is 11.8 Å². The minimum atomic E-state index is -3.32. The molecule has 40 heavy (non-hydrogen) atoms. The summed E-state index contributed by atoms with van der Waals surface area (Å²) in [5.74, 6) is 0.169. The molecule has 1 atom stereocenters. The van der Waals surface area contributed by atoms with Crippen molar-refractivity contribution in [1.82, 2.24) is 10.2 Å². The SMILES string of the molecule is CC(C)S(=O)(=O)c1ccccc1NCCCCCCCCSc1cccc2c1CN(C1CCC(=O)NC1=O)C2=O. The minimum Gasteiger partial charge on any atom is -0.384 e. The van der Waals surface area contributed by atoms with Gasteiger partial charge >= 0.3 is 0 Å². The average molecular weight is 586 g/mol. The van der Waals surface area contributed by atoms with Gasteiger partial charge in [0, 0.05) is 30.0 Å². The van der Waals surface area contributed by atoms with Crippen LogP contribution in [0.2, 0.25) is 0 Å². The van der Waals surface area contributed by atoms with Gasteiger partial charge in [-0.05, 0) is 68.7 Å². The van der Waals surface area contributed by atoms with Crippen LogP contribution in [-0.2, 0) is 26.0 Å². The molecule has 2 aromatic carbocycles. The molecule has 2 aromatic rings. The number of piperidine rings is 1. The number of rotatable bonds is 14. The molecule has 8 nitrogen and oxygen atoms in total. The van der Waals surface area contributed by atoms with Gasteiger partial charge in [-0.1, -0.05) is 43.9 Å². The smallest absolute Gasteiger partial charge is 0.255 e. The largest absolute Gasteiger partial charge is 0.384 e. The predicted octanol–water partition coefficient (Wildman–Crippen LogP) is 5.17. The lowest BCUT2D eigenvalue weighted by molar-refractivity contribution is -0.136. The standard InChI is InChI=1S/C30H39N3O5S2/c1-21(2)40(37,38)27-15-8-7-13-24(27)31-18-9-5-3-4-6-10-19-39-26-14-11-12-22-23(26)20-33(30(22)36)25-16-17-28(34)32-29(25)35/h7-8,11-15,21,25,31H,3-6,9-10,16-20H2,1-2H3,(H,32,34,35). The summed E-state index contributed by atoms with van der Waals surface area (Å²) in [7, 11) is -3.32. The maximum atomic E-state index is 13.0. The molecule has 3 amide bonds. The van der Waals surface area contributed by atoms with Gasteiger partial charge in [0.1, 0.15) is 6.04 Å². The number of unbranched alkanes of at least 4 members (excludes halogenated alkanes) is 5. The number of carbonyl (C=O) groups excluding carboxylic acids is 3. The van der Waals surface area contributed by atoms with Crippen molar-refractivity contribution >= 4 is 45.0 Å². The number of para-hydroxylation sites is 1. The first-order valence-electron chi connectivity index (χ1n) is 14.2. The number of nitrogens with one attached hydrogen (secondary N) is 2. The number of anilines is 1. The molecule has 0 aliphatic carbocycles. The Morgan fingerprint density at radius 3 is 2.45 bits per heavy atom. The Kier molecular flexibility index (Phi) is 10.3. The number of thioether (sulfide) groups is 1. The number of sulfone groups is 1. The Hall–Kier alpha value is -2.85. The fourth-order valence-corrected chi connectivity index (χ4v) is 7.46. The molecule has 10 heteroatoms. The van der Waals surface area contributed by atoms with Crippen molar-refractivity contribution in [3.05, 3.63) is 53.6 Å². The number of imide groups is 1. The number of nitrogens with zero attached hydrogens (tertiary/aromatic N) is 1. The van der Waals surface area contributed by atoms with Crippen LogP contribution in [0.5, 0.6) is 0 Å². The zero-order valence-electron chi connectivity index (χ0n) is 23.3. The maximum Gasteiger partial charge on any atom is 0.255 e. The number of benzene rings is 2. The van der Waals surface area contributed by atoms with Crippen LogP contribution in [0.25, 0.3) is 0 Å². The lowest BCUT2D eigenvalue weighted by Gasteiger charge is -2.29. The van der Waals surface area contributed by atoms with Gasteiger partial charge in [-0.3, -0.25) is 19.7 Å². The molecule has 216 valence electrons. The van der Waals surface area contributed by atoms with Crippen LogP contribution in [0.4, 0.5) is 5.69 Å². The highest BCUT2D eigenvalue weighted by atomic mass is 32.2. The monoisotopic (exact) mass is 585 g/mol. The maximum absolute atomic E-state index is 13.0. The third-order valence-corrected chi connectivity index (χ3v) is 10.9. The molecule has 1 unspecified atom stereocenters. The number of amides is 3. The highest BCUT2D eigenvalue weighted by molar-refractivity contribution is 7.99. The van der Waals surface area contributed by atoms with E-state index in [1.807, 2.05) is 30.3 Å². The molecule has 0 saturated carbocycles. The summed E-state index contributed by atoms with van der Waals surface area (Å²) in [6.45, 7) is 4.56. The summed E-state index contributed by atoms with van der Waals surface area (Å²) < 4.78 is 25.2. The second kappa shape index (κ2) is 13.7. The van der Waals surface area contributed by atoms with Crippen molar-refractivity contribution in [2.24, 2.45) is 0 Å². The van der Waals surface area contributed by atoms with Crippen LogP contribution in [-0.4, -0.2) is 54.6 Å². The van der Waals surface area contributed by atoms with Gasteiger partial charge in [0.05, 0.1) is 15.8 Å². The number of hydrogen-bond donors (Lipinski definition) is 2. The van der Waals surface area contributed by atoms with Crippen molar-refractivity contribution in [3.8, 4) is 0 Å². The van der Waals surface area contributed by atoms with E-state index in [0.29, 0.717) is 29.1 Å². The second-order valence-corrected chi connectivity index (χ2v) is 14.3. The topological polar surface area (TPSA) is 113 Å². The highest BCUT2D eigenvalue weighted by Crippen LogP contribution is 2.35. The summed E-state index contributed by atoms with van der Waals surface area (Å²) in [5.41, 5.74) is 2.33. The third kappa shape index (κ3) is 7.07. The van der Waals surface area contributed by atoms with Crippen molar-refractivity contribution in [1.29, 1.82) is 0 Å². The van der Waals surface area contributed by atoms with E-state index in [1.165, 1.54) is 0 Å². The minimum absolute atomic E-state index is 0.133. The van der Waals surface area contributed by atoms with Crippen LogP contribution in [0, 0.1) is 0 Å².